The van der Waals surface area contributed by atoms with Crippen LogP contribution < -0.4 is 0 Å². The van der Waals surface area contributed by atoms with Gasteiger partial charge in [-0.25, -0.2) is 4.98 Å². The van der Waals surface area contributed by atoms with Crippen molar-refractivity contribution in [2.45, 2.75) is 32.6 Å². The van der Waals surface area contributed by atoms with Crippen LogP contribution in [0.1, 0.15) is 41.5 Å². The third-order valence-electron chi connectivity index (χ3n) is 3.64. The monoisotopic (exact) mass is 274 g/mol. The molecular formula is C15H15ClN2O. The van der Waals surface area contributed by atoms with Crippen LogP contribution in [0.5, 0.6) is 0 Å². The van der Waals surface area contributed by atoms with Crippen molar-refractivity contribution in [1.29, 1.82) is 0 Å². The van der Waals surface area contributed by atoms with Gasteiger partial charge in [0.25, 0.3) is 0 Å². The first-order valence-corrected chi connectivity index (χ1v) is 6.90. The summed E-state index contributed by atoms with van der Waals surface area (Å²) in [5, 5.41) is 0.596. The van der Waals surface area contributed by atoms with Gasteiger partial charge < -0.3 is 4.57 Å². The molecule has 3 rings (SSSR count). The Balaban J connectivity index is 2.07. The summed E-state index contributed by atoms with van der Waals surface area (Å²) in [6.07, 6.45) is 6.33. The Morgan fingerprint density at radius 2 is 2.11 bits per heavy atom. The fourth-order valence-electron chi connectivity index (χ4n) is 2.60. The summed E-state index contributed by atoms with van der Waals surface area (Å²) in [6, 6.07) is 5.45. The van der Waals surface area contributed by atoms with Gasteiger partial charge in [0.15, 0.2) is 5.78 Å². The first kappa shape index (κ1) is 12.4. The molecule has 1 aromatic heterocycles. The fourth-order valence-corrected chi connectivity index (χ4v) is 2.87. The molecule has 19 heavy (non-hydrogen) atoms. The quantitative estimate of drug-likeness (QED) is 0.784. The van der Waals surface area contributed by atoms with Gasteiger partial charge >= 0.3 is 0 Å². The topological polar surface area (TPSA) is 34.9 Å². The van der Waals surface area contributed by atoms with E-state index in [2.05, 4.69) is 9.55 Å². The summed E-state index contributed by atoms with van der Waals surface area (Å²) in [6.45, 7) is 1.55. The lowest BCUT2D eigenvalue weighted by Crippen LogP contribution is -2.07. The van der Waals surface area contributed by atoms with E-state index in [0.717, 1.165) is 18.5 Å². The van der Waals surface area contributed by atoms with Crippen LogP contribution >= 0.6 is 11.6 Å². The highest BCUT2D eigenvalue weighted by atomic mass is 35.5. The smallest absolute Gasteiger partial charge is 0.159 e. The maximum atomic E-state index is 11.4. The average molecular weight is 275 g/mol. The third-order valence-corrected chi connectivity index (χ3v) is 3.95. The minimum atomic E-state index is 0.0288. The highest BCUT2D eigenvalue weighted by Crippen LogP contribution is 2.27. The molecule has 98 valence electrons. The van der Waals surface area contributed by atoms with Crippen LogP contribution in [0.2, 0.25) is 5.02 Å². The van der Waals surface area contributed by atoms with Crippen molar-refractivity contribution in [3.05, 3.63) is 46.5 Å². The van der Waals surface area contributed by atoms with Crippen LogP contribution in [-0.4, -0.2) is 15.3 Å². The minimum absolute atomic E-state index is 0.0288. The number of fused-ring (bicyclic) bond motifs is 1. The number of nitrogens with zero attached hydrogens (tertiary/aromatic N) is 2. The highest BCUT2D eigenvalue weighted by Gasteiger charge is 2.17. The molecule has 3 nitrogen and oxygen atoms in total. The van der Waals surface area contributed by atoms with Gasteiger partial charge in [-0.05, 0) is 50.8 Å². The van der Waals surface area contributed by atoms with E-state index < -0.39 is 0 Å². The van der Waals surface area contributed by atoms with Crippen molar-refractivity contribution < 1.29 is 4.79 Å². The highest BCUT2D eigenvalue weighted by molar-refractivity contribution is 6.32. The van der Waals surface area contributed by atoms with Crippen molar-refractivity contribution in [2.24, 2.45) is 0 Å². The largest absolute Gasteiger partial charge is 0.301 e. The average Bonchev–Trinajstić information content (AvgIpc) is 2.82. The SMILES string of the molecule is CC(=O)c1ccc(-n2cnc3c2CCCC3)c(Cl)c1. The predicted molar refractivity (Wildman–Crippen MR) is 75.2 cm³/mol. The van der Waals surface area contributed by atoms with Crippen LogP contribution in [0.25, 0.3) is 5.69 Å². The Kier molecular flexibility index (Phi) is 3.15. The first-order chi connectivity index (χ1) is 9.16. The van der Waals surface area contributed by atoms with Gasteiger partial charge in [0.2, 0.25) is 0 Å². The van der Waals surface area contributed by atoms with Gasteiger partial charge in [-0.2, -0.15) is 0 Å². The van der Waals surface area contributed by atoms with E-state index >= 15 is 0 Å². The van der Waals surface area contributed by atoms with E-state index in [9.17, 15) is 4.79 Å². The predicted octanol–water partition coefficient (Wildman–Crippen LogP) is 3.61. The second-order valence-corrected chi connectivity index (χ2v) is 5.34. The molecule has 0 N–H and O–H groups in total. The molecule has 0 unspecified atom stereocenters. The number of ketones is 1. The molecule has 0 saturated heterocycles. The van der Waals surface area contributed by atoms with Gasteiger partial charge in [-0.3, -0.25) is 4.79 Å². The summed E-state index contributed by atoms with van der Waals surface area (Å²) in [5.74, 6) is 0.0288. The lowest BCUT2D eigenvalue weighted by Gasteiger charge is -2.15. The number of imidazole rings is 1. The Hall–Kier alpha value is -1.61. The second-order valence-electron chi connectivity index (χ2n) is 4.94. The molecule has 0 atom stereocenters. The van der Waals surface area contributed by atoms with E-state index in [1.54, 1.807) is 13.0 Å². The van der Waals surface area contributed by atoms with E-state index in [1.807, 2.05) is 18.5 Å². The molecule has 0 spiro atoms. The zero-order chi connectivity index (χ0) is 13.4. The summed E-state index contributed by atoms with van der Waals surface area (Å²) in [7, 11) is 0. The lowest BCUT2D eigenvalue weighted by molar-refractivity contribution is 0.101. The number of benzene rings is 1. The number of carbonyl (C=O) groups excluding carboxylic acids is 1. The van der Waals surface area contributed by atoms with Gasteiger partial charge in [0.05, 0.1) is 22.7 Å². The minimum Gasteiger partial charge on any atom is -0.301 e. The second kappa shape index (κ2) is 4.82. The molecule has 0 saturated carbocycles. The van der Waals surface area contributed by atoms with Crippen LogP contribution in [0.15, 0.2) is 24.5 Å². The van der Waals surface area contributed by atoms with Crippen molar-refractivity contribution in [2.75, 3.05) is 0 Å². The molecular weight excluding hydrogens is 260 g/mol. The van der Waals surface area contributed by atoms with Crippen molar-refractivity contribution in [3.63, 3.8) is 0 Å². The molecule has 2 aromatic rings. The zero-order valence-corrected chi connectivity index (χ0v) is 11.6. The van der Waals surface area contributed by atoms with E-state index in [4.69, 9.17) is 11.6 Å². The Labute approximate surface area is 117 Å². The zero-order valence-electron chi connectivity index (χ0n) is 10.8. The van der Waals surface area contributed by atoms with Crippen LogP contribution in [-0.2, 0) is 12.8 Å². The standard InChI is InChI=1S/C15H15ClN2O/c1-10(19)11-6-7-14(12(16)8-11)18-9-17-13-4-2-3-5-15(13)18/h6-9H,2-5H2,1H3. The third kappa shape index (κ3) is 2.19. The molecule has 0 radical (unpaired) electrons. The van der Waals surface area contributed by atoms with Gasteiger partial charge in [0.1, 0.15) is 0 Å². The number of halogens is 1. The van der Waals surface area contributed by atoms with Gasteiger partial charge in [-0.15, -0.1) is 0 Å². The number of hydrogen-bond acceptors (Lipinski definition) is 2. The van der Waals surface area contributed by atoms with E-state index in [1.165, 1.54) is 24.2 Å². The first-order valence-electron chi connectivity index (χ1n) is 6.53. The van der Waals surface area contributed by atoms with Crippen molar-refractivity contribution >= 4 is 17.4 Å². The number of aromatic nitrogens is 2. The fraction of sp³-hybridized carbons (Fsp3) is 0.333. The Morgan fingerprint density at radius 3 is 2.84 bits per heavy atom. The summed E-state index contributed by atoms with van der Waals surface area (Å²) in [5.41, 5.74) is 3.98. The Bertz CT molecular complexity index is 646. The molecule has 0 aliphatic heterocycles. The van der Waals surface area contributed by atoms with Gasteiger partial charge in [-0.1, -0.05) is 11.6 Å². The maximum Gasteiger partial charge on any atom is 0.159 e. The van der Waals surface area contributed by atoms with Crippen LogP contribution in [0.3, 0.4) is 0 Å². The molecule has 4 heteroatoms. The number of Topliss-reactive ketones (excluding diaryl/α,β-unsaturated/α-hetero) is 1. The van der Waals surface area contributed by atoms with Crippen molar-refractivity contribution in [1.82, 2.24) is 9.55 Å². The Morgan fingerprint density at radius 1 is 1.32 bits per heavy atom. The summed E-state index contributed by atoms with van der Waals surface area (Å²) < 4.78 is 2.06. The normalized spacial score (nSPS) is 14.2. The van der Waals surface area contributed by atoms with E-state index in [-0.39, 0.29) is 5.78 Å². The molecule has 1 aliphatic rings. The molecule has 0 amide bonds. The number of carbonyl (C=O) groups is 1. The number of rotatable bonds is 2. The summed E-state index contributed by atoms with van der Waals surface area (Å²) >= 11 is 6.31. The molecule has 0 fully saturated rings. The maximum absolute atomic E-state index is 11.4. The van der Waals surface area contributed by atoms with E-state index in [0.29, 0.717) is 10.6 Å². The molecule has 0 bridgehead atoms. The van der Waals surface area contributed by atoms with Crippen LogP contribution in [0, 0.1) is 0 Å². The van der Waals surface area contributed by atoms with Crippen LogP contribution in [0.4, 0.5) is 0 Å². The van der Waals surface area contributed by atoms with Gasteiger partial charge in [0, 0.05) is 11.3 Å². The molecule has 1 aliphatic carbocycles. The molecule has 1 aromatic carbocycles. The summed E-state index contributed by atoms with van der Waals surface area (Å²) in [4.78, 5) is 15.8. The number of aryl methyl sites for hydroxylation is 1. The number of hydrogen-bond donors (Lipinski definition) is 0. The lowest BCUT2D eigenvalue weighted by atomic mass is 10.0. The van der Waals surface area contributed by atoms with Crippen molar-refractivity contribution in [3.8, 4) is 5.69 Å². The molecule has 1 heterocycles.